The van der Waals surface area contributed by atoms with Gasteiger partial charge in [0.1, 0.15) is 0 Å². The van der Waals surface area contributed by atoms with Crippen molar-refractivity contribution in [3.8, 4) is 0 Å². The number of aliphatic imine (C=N–C) groups is 1. The molecule has 6 heteroatoms. The predicted octanol–water partition coefficient (Wildman–Crippen LogP) is 5.18. The summed E-state index contributed by atoms with van der Waals surface area (Å²) in [4.78, 5) is 17.8. The Morgan fingerprint density at radius 2 is 1.75 bits per heavy atom. The van der Waals surface area contributed by atoms with Crippen molar-refractivity contribution in [3.05, 3.63) is 82.2 Å². The molecule has 0 fully saturated rings. The first-order valence-corrected chi connectivity index (χ1v) is 11.2. The van der Waals surface area contributed by atoms with Gasteiger partial charge in [-0.3, -0.25) is 14.8 Å². The first kappa shape index (κ1) is 23.3. The van der Waals surface area contributed by atoms with Crippen molar-refractivity contribution in [3.63, 3.8) is 0 Å². The Morgan fingerprint density at radius 3 is 2.44 bits per heavy atom. The number of anilines is 1. The van der Waals surface area contributed by atoms with E-state index in [2.05, 4.69) is 41.7 Å². The van der Waals surface area contributed by atoms with Crippen molar-refractivity contribution in [1.82, 2.24) is 15.1 Å². The molecule has 168 valence electrons. The minimum Gasteiger partial charge on any atom is -0.326 e. The van der Waals surface area contributed by atoms with E-state index in [1.165, 1.54) is 0 Å². The van der Waals surface area contributed by atoms with Crippen LogP contribution in [0.15, 0.2) is 53.7 Å². The molecule has 0 saturated heterocycles. The molecule has 0 saturated carbocycles. The quantitative estimate of drug-likeness (QED) is 0.400. The molecule has 0 aliphatic heterocycles. The van der Waals surface area contributed by atoms with E-state index in [0.717, 1.165) is 53.0 Å². The molecule has 3 rings (SSSR count). The fraction of sp³-hybridized carbons (Fsp3) is 0.346. The summed E-state index contributed by atoms with van der Waals surface area (Å²) in [6.07, 6.45) is 3.94. The second-order valence-corrected chi connectivity index (χ2v) is 8.13. The largest absolute Gasteiger partial charge is 0.326 e. The number of hydrogen-bond acceptors (Lipinski definition) is 3. The zero-order valence-corrected chi connectivity index (χ0v) is 19.7. The molecule has 0 bridgehead atoms. The van der Waals surface area contributed by atoms with Gasteiger partial charge in [0, 0.05) is 29.6 Å². The van der Waals surface area contributed by atoms with E-state index in [1.54, 1.807) is 0 Å². The van der Waals surface area contributed by atoms with Gasteiger partial charge in [0.2, 0.25) is 5.96 Å². The van der Waals surface area contributed by atoms with Crippen molar-refractivity contribution in [2.75, 3.05) is 5.32 Å². The lowest BCUT2D eigenvalue weighted by molar-refractivity contribution is 0.0976. The Labute approximate surface area is 190 Å². The monoisotopic (exact) mass is 431 g/mol. The normalized spacial score (nSPS) is 11.5. The van der Waals surface area contributed by atoms with E-state index in [0.29, 0.717) is 18.1 Å². The van der Waals surface area contributed by atoms with E-state index >= 15 is 0 Å². The summed E-state index contributed by atoms with van der Waals surface area (Å²) in [7, 11) is 0. The van der Waals surface area contributed by atoms with Crippen molar-refractivity contribution < 1.29 is 4.79 Å². The van der Waals surface area contributed by atoms with Gasteiger partial charge in [0.15, 0.2) is 0 Å². The van der Waals surface area contributed by atoms with E-state index in [9.17, 15) is 4.79 Å². The van der Waals surface area contributed by atoms with E-state index in [1.807, 2.05) is 62.0 Å². The summed E-state index contributed by atoms with van der Waals surface area (Å²) in [6.45, 7) is 11.5. The molecule has 3 aromatic rings. The summed E-state index contributed by atoms with van der Waals surface area (Å²) in [5.74, 6) is 0.244. The van der Waals surface area contributed by atoms with Crippen molar-refractivity contribution in [2.45, 2.75) is 60.5 Å². The lowest BCUT2D eigenvalue weighted by Gasteiger charge is -2.15. The number of nitrogens with zero attached hydrogens (tertiary/aromatic N) is 3. The molecule has 1 amide bonds. The highest BCUT2D eigenvalue weighted by Crippen LogP contribution is 2.16. The van der Waals surface area contributed by atoms with Gasteiger partial charge in [0.25, 0.3) is 5.91 Å². The van der Waals surface area contributed by atoms with Crippen LogP contribution in [-0.2, 0) is 19.5 Å². The summed E-state index contributed by atoms with van der Waals surface area (Å²) >= 11 is 0. The Bertz CT molecular complexity index is 1090. The third kappa shape index (κ3) is 6.06. The second kappa shape index (κ2) is 10.8. The molecule has 0 spiro atoms. The number of carbonyl (C=O) groups excluding carboxylic acids is 1. The summed E-state index contributed by atoms with van der Waals surface area (Å²) in [6, 6.07) is 13.9. The molecule has 1 aromatic heterocycles. The molecule has 0 atom stereocenters. The van der Waals surface area contributed by atoms with Crippen LogP contribution in [0.25, 0.3) is 0 Å². The molecule has 2 N–H and O–H groups in total. The molecule has 0 aliphatic rings. The van der Waals surface area contributed by atoms with Crippen molar-refractivity contribution in [2.24, 2.45) is 4.99 Å². The number of para-hydroxylation sites is 1. The highest BCUT2D eigenvalue weighted by Gasteiger charge is 2.12. The summed E-state index contributed by atoms with van der Waals surface area (Å²) in [5, 5.41) is 10.9. The molecular weight excluding hydrogens is 398 g/mol. The number of nitrogens with one attached hydrogen (secondary N) is 2. The molecule has 6 nitrogen and oxygen atoms in total. The third-order valence-electron chi connectivity index (χ3n) is 5.28. The number of amides is 1. The lowest BCUT2D eigenvalue weighted by atomic mass is 10.1. The van der Waals surface area contributed by atoms with Crippen LogP contribution < -0.4 is 10.6 Å². The SMILES string of the molecule is CCCn1cc(CN=C(NC(=O)c2cc(C)cc(C)c2)Nc2ccccc2CC)c(C)n1. The van der Waals surface area contributed by atoms with Crippen LogP contribution in [0.1, 0.15) is 58.6 Å². The summed E-state index contributed by atoms with van der Waals surface area (Å²) in [5.41, 5.74) is 6.82. The lowest BCUT2D eigenvalue weighted by Crippen LogP contribution is -2.36. The number of aryl methyl sites for hydroxylation is 5. The molecule has 32 heavy (non-hydrogen) atoms. The van der Waals surface area contributed by atoms with Crippen molar-refractivity contribution in [1.29, 1.82) is 0 Å². The Balaban J connectivity index is 1.88. The first-order chi connectivity index (χ1) is 15.4. The molecular formula is C26H33N5O. The van der Waals surface area contributed by atoms with Crippen molar-refractivity contribution >= 4 is 17.6 Å². The number of carbonyl (C=O) groups is 1. The van der Waals surface area contributed by atoms with Gasteiger partial charge in [-0.2, -0.15) is 5.10 Å². The highest BCUT2D eigenvalue weighted by molar-refractivity contribution is 6.10. The van der Waals surface area contributed by atoms with Gasteiger partial charge >= 0.3 is 0 Å². The standard InChI is InChI=1S/C26H33N5O/c1-6-12-31-17-23(20(5)30-31)16-27-26(28-24-11-9-8-10-21(24)7-2)29-25(32)22-14-18(3)13-19(4)15-22/h8-11,13-15,17H,6-7,12,16H2,1-5H3,(H2,27,28,29,32). The van der Waals surface area contributed by atoms with Gasteiger partial charge < -0.3 is 5.32 Å². The average Bonchev–Trinajstić information content (AvgIpc) is 3.11. The van der Waals surface area contributed by atoms with Gasteiger partial charge in [-0.1, -0.05) is 49.2 Å². The fourth-order valence-corrected chi connectivity index (χ4v) is 3.70. The van der Waals surface area contributed by atoms with Crippen LogP contribution in [0.2, 0.25) is 0 Å². The van der Waals surface area contributed by atoms with Gasteiger partial charge in [0.05, 0.1) is 12.2 Å². The Kier molecular flexibility index (Phi) is 7.82. The maximum atomic E-state index is 13.0. The predicted molar refractivity (Wildman–Crippen MR) is 131 cm³/mol. The fourth-order valence-electron chi connectivity index (χ4n) is 3.70. The van der Waals surface area contributed by atoms with Crippen LogP contribution in [-0.4, -0.2) is 21.6 Å². The first-order valence-electron chi connectivity index (χ1n) is 11.2. The zero-order valence-electron chi connectivity index (χ0n) is 19.7. The van der Waals surface area contributed by atoms with Gasteiger partial charge in [-0.15, -0.1) is 0 Å². The average molecular weight is 432 g/mol. The number of benzene rings is 2. The molecule has 1 heterocycles. The molecule has 0 unspecified atom stereocenters. The highest BCUT2D eigenvalue weighted by atomic mass is 16.1. The Morgan fingerprint density at radius 1 is 1.03 bits per heavy atom. The number of hydrogen-bond donors (Lipinski definition) is 2. The number of rotatable bonds is 7. The summed E-state index contributed by atoms with van der Waals surface area (Å²) < 4.78 is 1.95. The van der Waals surface area contributed by atoms with Gasteiger partial charge in [-0.25, -0.2) is 4.99 Å². The Hall–Kier alpha value is -3.41. The maximum Gasteiger partial charge on any atom is 0.257 e. The van der Waals surface area contributed by atoms with E-state index < -0.39 is 0 Å². The number of aromatic nitrogens is 2. The van der Waals surface area contributed by atoms with Crippen LogP contribution in [0.5, 0.6) is 0 Å². The zero-order chi connectivity index (χ0) is 23.1. The van der Waals surface area contributed by atoms with Crippen LogP contribution >= 0.6 is 0 Å². The topological polar surface area (TPSA) is 71.3 Å². The maximum absolute atomic E-state index is 13.0. The number of guanidine groups is 1. The second-order valence-electron chi connectivity index (χ2n) is 8.13. The van der Waals surface area contributed by atoms with E-state index in [4.69, 9.17) is 4.99 Å². The smallest absolute Gasteiger partial charge is 0.257 e. The van der Waals surface area contributed by atoms with Crippen LogP contribution in [0.3, 0.4) is 0 Å². The van der Waals surface area contributed by atoms with E-state index in [-0.39, 0.29) is 5.91 Å². The minimum absolute atomic E-state index is 0.185. The van der Waals surface area contributed by atoms with Gasteiger partial charge in [-0.05, 0) is 57.4 Å². The molecule has 0 radical (unpaired) electrons. The minimum atomic E-state index is -0.185. The molecule has 0 aliphatic carbocycles. The molecule has 2 aromatic carbocycles. The van der Waals surface area contributed by atoms with Crippen LogP contribution in [0.4, 0.5) is 5.69 Å². The van der Waals surface area contributed by atoms with Crippen LogP contribution in [0, 0.1) is 20.8 Å². The third-order valence-corrected chi connectivity index (χ3v) is 5.28.